The molecule has 0 fully saturated rings. The summed E-state index contributed by atoms with van der Waals surface area (Å²) in [5.74, 6) is -0.949. The molecule has 0 aliphatic carbocycles. The van der Waals surface area contributed by atoms with Gasteiger partial charge in [0, 0.05) is 7.05 Å². The zero-order chi connectivity index (χ0) is 13.7. The van der Waals surface area contributed by atoms with Crippen molar-refractivity contribution >= 4 is 11.9 Å². The molecule has 5 heteroatoms. The van der Waals surface area contributed by atoms with Crippen molar-refractivity contribution < 1.29 is 19.4 Å². The summed E-state index contributed by atoms with van der Waals surface area (Å²) in [4.78, 5) is 23.9. The second kappa shape index (κ2) is 6.05. The van der Waals surface area contributed by atoms with Gasteiger partial charge in [-0.15, -0.1) is 0 Å². The number of ether oxygens (including phenoxy) is 1. The molecule has 0 saturated heterocycles. The fraction of sp³-hybridized carbons (Fsp3) is 0.385. The van der Waals surface area contributed by atoms with Crippen molar-refractivity contribution in [3.05, 3.63) is 29.3 Å². The Hall–Kier alpha value is -2.04. The van der Waals surface area contributed by atoms with Crippen LogP contribution in [-0.2, 0) is 11.2 Å². The predicted octanol–water partition coefficient (Wildman–Crippen LogP) is 1.41. The van der Waals surface area contributed by atoms with E-state index in [2.05, 4.69) is 0 Å². The Morgan fingerprint density at radius 2 is 2.06 bits per heavy atom. The van der Waals surface area contributed by atoms with Crippen molar-refractivity contribution in [2.24, 2.45) is 0 Å². The number of aliphatic carboxylic acids is 1. The highest BCUT2D eigenvalue weighted by molar-refractivity contribution is 5.98. The molecule has 0 aromatic heterocycles. The summed E-state index contributed by atoms with van der Waals surface area (Å²) in [6.07, 6.45) is 0.799. The number of hydrogen-bond acceptors (Lipinski definition) is 3. The van der Waals surface area contributed by atoms with Crippen LogP contribution >= 0.6 is 0 Å². The van der Waals surface area contributed by atoms with Crippen LogP contribution in [0.25, 0.3) is 0 Å². The topological polar surface area (TPSA) is 66.8 Å². The molecule has 0 aliphatic heterocycles. The van der Waals surface area contributed by atoms with Gasteiger partial charge >= 0.3 is 5.97 Å². The third kappa shape index (κ3) is 3.23. The smallest absolute Gasteiger partial charge is 0.323 e. The first-order valence-electron chi connectivity index (χ1n) is 5.63. The first kappa shape index (κ1) is 14.0. The maximum atomic E-state index is 12.1. The van der Waals surface area contributed by atoms with Crippen molar-refractivity contribution in [3.63, 3.8) is 0 Å². The first-order valence-corrected chi connectivity index (χ1v) is 5.63. The maximum Gasteiger partial charge on any atom is 0.323 e. The molecule has 18 heavy (non-hydrogen) atoms. The molecule has 98 valence electrons. The number of carbonyl (C=O) groups is 2. The number of carboxylic acid groups (broad SMARTS) is 1. The van der Waals surface area contributed by atoms with Crippen molar-refractivity contribution in [1.82, 2.24) is 4.90 Å². The molecule has 0 heterocycles. The molecule has 0 spiro atoms. The monoisotopic (exact) mass is 251 g/mol. The Bertz CT molecular complexity index is 456. The number of rotatable bonds is 5. The van der Waals surface area contributed by atoms with E-state index in [1.54, 1.807) is 12.1 Å². The number of methoxy groups -OCH3 is 1. The van der Waals surface area contributed by atoms with Crippen LogP contribution in [0.5, 0.6) is 5.75 Å². The van der Waals surface area contributed by atoms with Crippen LogP contribution < -0.4 is 4.74 Å². The second-order valence-electron chi connectivity index (χ2n) is 3.94. The number of aryl methyl sites for hydroxylation is 1. The number of nitrogens with zero attached hydrogens (tertiary/aromatic N) is 1. The number of likely N-dealkylation sites (N-methyl/N-ethyl adjacent to an activating group) is 1. The zero-order valence-corrected chi connectivity index (χ0v) is 10.8. The summed E-state index contributed by atoms with van der Waals surface area (Å²) in [6.45, 7) is 1.65. The van der Waals surface area contributed by atoms with Crippen molar-refractivity contribution in [2.75, 3.05) is 20.7 Å². The van der Waals surface area contributed by atoms with Gasteiger partial charge in [0.25, 0.3) is 5.91 Å². The molecular weight excluding hydrogens is 234 g/mol. The molecule has 0 aliphatic rings. The summed E-state index contributed by atoms with van der Waals surface area (Å²) in [7, 11) is 2.93. The predicted molar refractivity (Wildman–Crippen MR) is 67.0 cm³/mol. The third-order valence-corrected chi connectivity index (χ3v) is 2.62. The molecule has 0 unspecified atom stereocenters. The van der Waals surface area contributed by atoms with Gasteiger partial charge in [-0.05, 0) is 24.1 Å². The molecular formula is C13H17NO4. The Morgan fingerprint density at radius 1 is 1.39 bits per heavy atom. The molecule has 0 radical (unpaired) electrons. The Balaban J connectivity index is 3.05. The molecule has 0 atom stereocenters. The van der Waals surface area contributed by atoms with E-state index in [1.807, 2.05) is 13.0 Å². The van der Waals surface area contributed by atoms with Crippen LogP contribution in [0.2, 0.25) is 0 Å². The summed E-state index contributed by atoms with van der Waals surface area (Å²) in [6, 6.07) is 5.34. The van der Waals surface area contributed by atoms with Gasteiger partial charge in [0.05, 0.1) is 12.7 Å². The average Bonchev–Trinajstić information content (AvgIpc) is 2.36. The standard InChI is InChI=1S/C13H17NO4/c1-4-9-5-6-11(18-3)10(7-9)13(17)14(2)8-12(15)16/h5-7H,4,8H2,1-3H3,(H,15,16). The Kier molecular flexibility index (Phi) is 4.71. The van der Waals surface area contributed by atoms with Gasteiger partial charge in [-0.2, -0.15) is 0 Å². The second-order valence-corrected chi connectivity index (χ2v) is 3.94. The molecule has 1 aromatic carbocycles. The van der Waals surface area contributed by atoms with Gasteiger partial charge < -0.3 is 14.7 Å². The summed E-state index contributed by atoms with van der Waals surface area (Å²) < 4.78 is 5.13. The molecule has 1 amide bonds. The lowest BCUT2D eigenvalue weighted by atomic mass is 10.1. The highest BCUT2D eigenvalue weighted by Crippen LogP contribution is 2.21. The van der Waals surface area contributed by atoms with Gasteiger partial charge in [-0.1, -0.05) is 13.0 Å². The Morgan fingerprint density at radius 3 is 2.56 bits per heavy atom. The fourth-order valence-electron chi connectivity index (χ4n) is 1.62. The maximum absolute atomic E-state index is 12.1. The Labute approximate surface area is 106 Å². The normalized spacial score (nSPS) is 9.94. The lowest BCUT2D eigenvalue weighted by Gasteiger charge is -2.17. The van der Waals surface area contributed by atoms with E-state index < -0.39 is 5.97 Å². The quantitative estimate of drug-likeness (QED) is 0.859. The molecule has 0 bridgehead atoms. The van der Waals surface area contributed by atoms with E-state index in [0.29, 0.717) is 11.3 Å². The van der Waals surface area contributed by atoms with E-state index in [1.165, 1.54) is 14.2 Å². The van der Waals surface area contributed by atoms with Crippen LogP contribution in [-0.4, -0.2) is 42.6 Å². The van der Waals surface area contributed by atoms with Crippen molar-refractivity contribution in [1.29, 1.82) is 0 Å². The number of hydrogen-bond donors (Lipinski definition) is 1. The molecule has 1 N–H and O–H groups in total. The fourth-order valence-corrected chi connectivity index (χ4v) is 1.62. The summed E-state index contributed by atoms with van der Waals surface area (Å²) in [5.41, 5.74) is 1.39. The van der Waals surface area contributed by atoms with Gasteiger partial charge in [0.1, 0.15) is 12.3 Å². The van der Waals surface area contributed by atoms with Crippen LogP contribution in [0.1, 0.15) is 22.8 Å². The molecule has 1 aromatic rings. The highest BCUT2D eigenvalue weighted by atomic mass is 16.5. The number of benzene rings is 1. The van der Waals surface area contributed by atoms with E-state index in [4.69, 9.17) is 9.84 Å². The summed E-state index contributed by atoms with van der Waals surface area (Å²) in [5, 5.41) is 8.68. The van der Waals surface area contributed by atoms with Gasteiger partial charge in [-0.25, -0.2) is 0 Å². The largest absolute Gasteiger partial charge is 0.496 e. The lowest BCUT2D eigenvalue weighted by Crippen LogP contribution is -2.32. The number of carboxylic acids is 1. The van der Waals surface area contributed by atoms with E-state index >= 15 is 0 Å². The first-order chi connectivity index (χ1) is 8.49. The SMILES string of the molecule is CCc1ccc(OC)c(C(=O)N(C)CC(=O)O)c1. The minimum absolute atomic E-state index is 0.335. The van der Waals surface area contributed by atoms with Gasteiger partial charge in [-0.3, -0.25) is 9.59 Å². The molecule has 0 saturated carbocycles. The number of carbonyl (C=O) groups excluding carboxylic acids is 1. The van der Waals surface area contributed by atoms with Crippen molar-refractivity contribution in [3.8, 4) is 5.75 Å². The van der Waals surface area contributed by atoms with Gasteiger partial charge in [0.15, 0.2) is 0 Å². The minimum atomic E-state index is -1.04. The molecule has 5 nitrogen and oxygen atoms in total. The minimum Gasteiger partial charge on any atom is -0.496 e. The van der Waals surface area contributed by atoms with E-state index in [-0.39, 0.29) is 12.5 Å². The van der Waals surface area contributed by atoms with Crippen LogP contribution in [0, 0.1) is 0 Å². The van der Waals surface area contributed by atoms with E-state index in [0.717, 1.165) is 16.9 Å². The van der Waals surface area contributed by atoms with Crippen LogP contribution in [0.15, 0.2) is 18.2 Å². The number of amides is 1. The highest BCUT2D eigenvalue weighted by Gasteiger charge is 2.18. The van der Waals surface area contributed by atoms with Crippen LogP contribution in [0.4, 0.5) is 0 Å². The zero-order valence-electron chi connectivity index (χ0n) is 10.8. The third-order valence-electron chi connectivity index (χ3n) is 2.62. The van der Waals surface area contributed by atoms with Crippen LogP contribution in [0.3, 0.4) is 0 Å². The lowest BCUT2D eigenvalue weighted by molar-refractivity contribution is -0.137. The van der Waals surface area contributed by atoms with Gasteiger partial charge in [0.2, 0.25) is 0 Å². The molecule has 1 rings (SSSR count). The summed E-state index contributed by atoms with van der Waals surface area (Å²) >= 11 is 0. The van der Waals surface area contributed by atoms with E-state index in [9.17, 15) is 9.59 Å². The average molecular weight is 251 g/mol. The van der Waals surface area contributed by atoms with Crippen molar-refractivity contribution in [2.45, 2.75) is 13.3 Å².